The zero-order chi connectivity index (χ0) is 21.5. The van der Waals surface area contributed by atoms with Crippen LogP contribution in [0.1, 0.15) is 44.9 Å². The Balaban J connectivity index is 1.51. The average Bonchev–Trinajstić information content (AvgIpc) is 3.45. The van der Waals surface area contributed by atoms with E-state index in [1.54, 1.807) is 10.9 Å². The van der Waals surface area contributed by atoms with E-state index in [1.807, 2.05) is 24.3 Å². The SMILES string of the molecule is O=c1c2c3nc4ccccc4nc3n(CCC3=CCCCC3)c2ncn1CC1CCCO1. The number of para-hydroxylation sites is 2. The predicted octanol–water partition coefficient (Wildman–Crippen LogP) is 4.36. The van der Waals surface area contributed by atoms with Crippen LogP contribution in [-0.2, 0) is 17.8 Å². The molecule has 0 spiro atoms. The molecule has 1 unspecified atom stereocenters. The van der Waals surface area contributed by atoms with Crippen LogP contribution in [0.25, 0.3) is 33.2 Å². The fourth-order valence-electron chi connectivity index (χ4n) is 5.08. The fourth-order valence-corrected chi connectivity index (χ4v) is 5.08. The van der Waals surface area contributed by atoms with Crippen LogP contribution in [0.15, 0.2) is 47.0 Å². The molecule has 1 atom stereocenters. The van der Waals surface area contributed by atoms with E-state index in [0.29, 0.717) is 23.1 Å². The Morgan fingerprint density at radius 1 is 1.06 bits per heavy atom. The number of nitrogens with zero attached hydrogens (tertiary/aromatic N) is 5. The third-order valence-corrected chi connectivity index (χ3v) is 6.78. The Morgan fingerprint density at radius 2 is 1.94 bits per heavy atom. The third-order valence-electron chi connectivity index (χ3n) is 6.78. The summed E-state index contributed by atoms with van der Waals surface area (Å²) in [6, 6.07) is 7.83. The maximum absolute atomic E-state index is 13.6. The van der Waals surface area contributed by atoms with Crippen LogP contribution in [0.2, 0.25) is 0 Å². The first-order valence-corrected chi connectivity index (χ1v) is 11.7. The quantitative estimate of drug-likeness (QED) is 0.441. The molecule has 1 aliphatic heterocycles. The van der Waals surface area contributed by atoms with Gasteiger partial charge in [-0.2, -0.15) is 0 Å². The van der Waals surface area contributed by atoms with Crippen molar-refractivity contribution in [3.8, 4) is 0 Å². The standard InChI is InChI=1S/C25H27N5O2/c31-25-21-22-24(28-20-11-5-4-10-19(20)27-22)30(13-12-17-7-2-1-3-8-17)23(21)26-16-29(25)15-18-9-6-14-32-18/h4-5,7,10-11,16,18H,1-3,6,8-9,12-15H2. The van der Waals surface area contributed by atoms with E-state index in [-0.39, 0.29) is 11.7 Å². The van der Waals surface area contributed by atoms with Crippen molar-refractivity contribution in [1.82, 2.24) is 24.1 Å². The Hall–Kier alpha value is -3.06. The summed E-state index contributed by atoms with van der Waals surface area (Å²) >= 11 is 0. The number of fused-ring (bicyclic) bond motifs is 4. The smallest absolute Gasteiger partial charge is 0.265 e. The second kappa shape index (κ2) is 8.13. The van der Waals surface area contributed by atoms with Crippen molar-refractivity contribution in [2.24, 2.45) is 0 Å². The second-order valence-corrected chi connectivity index (χ2v) is 8.93. The van der Waals surface area contributed by atoms with Crippen molar-refractivity contribution in [2.45, 2.75) is 64.1 Å². The maximum atomic E-state index is 13.6. The van der Waals surface area contributed by atoms with E-state index in [2.05, 4.69) is 10.6 Å². The van der Waals surface area contributed by atoms with E-state index in [1.165, 1.54) is 24.8 Å². The van der Waals surface area contributed by atoms with Gasteiger partial charge in [0.05, 0.1) is 30.0 Å². The average molecular weight is 430 g/mol. The highest BCUT2D eigenvalue weighted by Gasteiger charge is 2.22. The van der Waals surface area contributed by atoms with Gasteiger partial charge in [-0.1, -0.05) is 23.8 Å². The Kier molecular flexibility index (Phi) is 4.98. The summed E-state index contributed by atoms with van der Waals surface area (Å²) in [5.74, 6) is 0. The third kappa shape index (κ3) is 3.41. The number of rotatable bonds is 5. The van der Waals surface area contributed by atoms with E-state index >= 15 is 0 Å². The molecule has 32 heavy (non-hydrogen) atoms. The van der Waals surface area contributed by atoms with Crippen molar-refractivity contribution in [2.75, 3.05) is 6.61 Å². The first-order valence-electron chi connectivity index (χ1n) is 11.7. The predicted molar refractivity (Wildman–Crippen MR) is 125 cm³/mol. The Bertz CT molecular complexity index is 1390. The van der Waals surface area contributed by atoms with Gasteiger partial charge in [0.15, 0.2) is 11.3 Å². The van der Waals surface area contributed by atoms with E-state index in [9.17, 15) is 4.79 Å². The zero-order valence-corrected chi connectivity index (χ0v) is 18.2. The molecule has 4 aromatic rings. The molecule has 0 N–H and O–H groups in total. The summed E-state index contributed by atoms with van der Waals surface area (Å²) < 4.78 is 9.53. The molecule has 4 heterocycles. The highest BCUT2D eigenvalue weighted by Crippen LogP contribution is 2.27. The number of aromatic nitrogens is 5. The summed E-state index contributed by atoms with van der Waals surface area (Å²) in [4.78, 5) is 28.1. The maximum Gasteiger partial charge on any atom is 0.265 e. The largest absolute Gasteiger partial charge is 0.376 e. The summed E-state index contributed by atoms with van der Waals surface area (Å²) in [5.41, 5.74) is 5.14. The minimum absolute atomic E-state index is 0.0595. The molecule has 0 amide bonds. The van der Waals surface area contributed by atoms with Gasteiger partial charge in [-0.25, -0.2) is 15.0 Å². The molecule has 7 heteroatoms. The first-order chi connectivity index (χ1) is 15.8. The normalized spacial score (nSPS) is 19.2. The molecular formula is C25H27N5O2. The van der Waals surface area contributed by atoms with Crippen LogP contribution in [0.5, 0.6) is 0 Å². The molecule has 0 radical (unpaired) electrons. The molecule has 2 aliphatic rings. The molecule has 1 aromatic carbocycles. The van der Waals surface area contributed by atoms with Crippen LogP contribution < -0.4 is 5.56 Å². The van der Waals surface area contributed by atoms with E-state index < -0.39 is 0 Å². The number of hydrogen-bond donors (Lipinski definition) is 0. The summed E-state index contributed by atoms with van der Waals surface area (Å²) in [6.07, 6.45) is 12.0. The lowest BCUT2D eigenvalue weighted by Gasteiger charge is -2.14. The molecule has 0 saturated carbocycles. The van der Waals surface area contributed by atoms with Gasteiger partial charge in [-0.3, -0.25) is 9.36 Å². The van der Waals surface area contributed by atoms with Gasteiger partial charge in [0.25, 0.3) is 5.56 Å². The highest BCUT2D eigenvalue weighted by atomic mass is 16.5. The lowest BCUT2D eigenvalue weighted by atomic mass is 9.97. The molecule has 7 nitrogen and oxygen atoms in total. The lowest BCUT2D eigenvalue weighted by Crippen LogP contribution is -2.26. The van der Waals surface area contributed by atoms with E-state index in [0.717, 1.165) is 55.5 Å². The van der Waals surface area contributed by atoms with Crippen molar-refractivity contribution in [1.29, 1.82) is 0 Å². The monoisotopic (exact) mass is 429 g/mol. The molecular weight excluding hydrogens is 402 g/mol. The Morgan fingerprint density at radius 3 is 2.72 bits per heavy atom. The first kappa shape index (κ1) is 19.6. The van der Waals surface area contributed by atoms with Gasteiger partial charge >= 0.3 is 0 Å². The van der Waals surface area contributed by atoms with Crippen molar-refractivity contribution in [3.05, 3.63) is 52.6 Å². The molecule has 164 valence electrons. The highest BCUT2D eigenvalue weighted by molar-refractivity contribution is 6.04. The molecule has 0 bridgehead atoms. The minimum Gasteiger partial charge on any atom is -0.376 e. The second-order valence-electron chi connectivity index (χ2n) is 8.93. The molecule has 1 saturated heterocycles. The van der Waals surface area contributed by atoms with Crippen LogP contribution >= 0.6 is 0 Å². The summed E-state index contributed by atoms with van der Waals surface area (Å²) in [6.45, 7) is 2.05. The van der Waals surface area contributed by atoms with Gasteiger partial charge in [0.1, 0.15) is 10.9 Å². The van der Waals surface area contributed by atoms with Crippen LogP contribution in [0, 0.1) is 0 Å². The van der Waals surface area contributed by atoms with Gasteiger partial charge in [-0.05, 0) is 57.1 Å². The molecule has 6 rings (SSSR count). The van der Waals surface area contributed by atoms with Crippen molar-refractivity contribution >= 4 is 33.2 Å². The number of aryl methyl sites for hydroxylation is 1. The van der Waals surface area contributed by atoms with Crippen LogP contribution in [-0.4, -0.2) is 36.8 Å². The van der Waals surface area contributed by atoms with Crippen LogP contribution in [0.3, 0.4) is 0 Å². The number of ether oxygens (including phenoxy) is 1. The topological polar surface area (TPSA) is 74.8 Å². The van der Waals surface area contributed by atoms with E-state index in [4.69, 9.17) is 19.7 Å². The van der Waals surface area contributed by atoms with Crippen molar-refractivity contribution < 1.29 is 4.74 Å². The van der Waals surface area contributed by atoms with Gasteiger partial charge in [-0.15, -0.1) is 0 Å². The number of benzene rings is 1. The molecule has 3 aromatic heterocycles. The van der Waals surface area contributed by atoms with Gasteiger partial charge in [0.2, 0.25) is 0 Å². The lowest BCUT2D eigenvalue weighted by molar-refractivity contribution is 0.0960. The zero-order valence-electron chi connectivity index (χ0n) is 18.2. The number of allylic oxidation sites excluding steroid dienone is 2. The van der Waals surface area contributed by atoms with Crippen molar-refractivity contribution in [3.63, 3.8) is 0 Å². The summed E-state index contributed by atoms with van der Waals surface area (Å²) in [5, 5.41) is 0.566. The number of hydrogen-bond acceptors (Lipinski definition) is 5. The molecule has 1 aliphatic carbocycles. The minimum atomic E-state index is -0.0595. The van der Waals surface area contributed by atoms with Gasteiger partial charge in [0, 0.05) is 13.2 Å². The Labute approximate surface area is 185 Å². The molecule has 1 fully saturated rings. The van der Waals surface area contributed by atoms with Crippen LogP contribution in [0.4, 0.5) is 0 Å². The fraction of sp³-hybridized carbons (Fsp3) is 0.440. The van der Waals surface area contributed by atoms with Gasteiger partial charge < -0.3 is 9.30 Å². The summed E-state index contributed by atoms with van der Waals surface area (Å²) in [7, 11) is 0.